The highest BCUT2D eigenvalue weighted by atomic mass is 16.6. The average Bonchev–Trinajstić information content (AvgIpc) is 3.34. The van der Waals surface area contributed by atoms with Gasteiger partial charge >= 0.3 is 5.97 Å². The number of non-ortho nitro benzene ring substituents is 1. The summed E-state index contributed by atoms with van der Waals surface area (Å²) in [5.74, 6) is -1.20. The smallest absolute Gasteiger partial charge is 0.308 e. The Hall–Kier alpha value is -5.26. The molecule has 0 aliphatic carbocycles. The normalized spacial score (nSPS) is 14.2. The van der Waals surface area contributed by atoms with Gasteiger partial charge in [-0.05, 0) is 36.4 Å². The van der Waals surface area contributed by atoms with Crippen molar-refractivity contribution in [2.24, 2.45) is 5.10 Å². The molecular formula is C26H22N4O8. The summed E-state index contributed by atoms with van der Waals surface area (Å²) in [6.07, 6.45) is -1.09. The zero-order valence-electron chi connectivity index (χ0n) is 20.5. The summed E-state index contributed by atoms with van der Waals surface area (Å²) in [6.45, 7) is 2.54. The number of nitro benzene ring substituents is 1. The van der Waals surface area contributed by atoms with Crippen molar-refractivity contribution in [3.8, 4) is 11.5 Å². The van der Waals surface area contributed by atoms with Crippen LogP contribution in [0.3, 0.4) is 0 Å². The van der Waals surface area contributed by atoms with Crippen LogP contribution in [0, 0.1) is 10.1 Å². The first-order valence-corrected chi connectivity index (χ1v) is 11.2. The molecule has 12 heteroatoms. The summed E-state index contributed by atoms with van der Waals surface area (Å²) >= 11 is 0. The molecule has 3 aromatic carbocycles. The lowest BCUT2D eigenvalue weighted by molar-refractivity contribution is -0.384. The molecule has 0 unspecified atom stereocenters. The number of benzene rings is 3. The van der Waals surface area contributed by atoms with Gasteiger partial charge in [0, 0.05) is 31.5 Å². The number of hydrazone groups is 1. The molecule has 0 bridgehead atoms. The second-order valence-electron chi connectivity index (χ2n) is 8.01. The number of nitrogens with zero attached hydrogens (tertiary/aromatic N) is 3. The zero-order chi connectivity index (χ0) is 27.4. The van der Waals surface area contributed by atoms with Crippen LogP contribution in [0.1, 0.15) is 41.6 Å². The fraction of sp³-hybridized carbons (Fsp3) is 0.154. The molecule has 3 aromatic rings. The number of hydrogen-bond donors (Lipinski definition) is 1. The molecule has 1 heterocycles. The van der Waals surface area contributed by atoms with Gasteiger partial charge in [-0.3, -0.25) is 24.5 Å². The van der Waals surface area contributed by atoms with Crippen molar-refractivity contribution in [3.63, 3.8) is 0 Å². The molecule has 1 atom stereocenters. The van der Waals surface area contributed by atoms with E-state index in [1.54, 1.807) is 42.5 Å². The summed E-state index contributed by atoms with van der Waals surface area (Å²) in [4.78, 5) is 47.5. The molecule has 0 saturated carbocycles. The van der Waals surface area contributed by atoms with Gasteiger partial charge in [0.15, 0.2) is 11.5 Å². The fourth-order valence-corrected chi connectivity index (χ4v) is 3.73. The summed E-state index contributed by atoms with van der Waals surface area (Å²) in [7, 11) is 1.41. The number of esters is 1. The number of hydrogen-bond acceptors (Lipinski definition) is 9. The van der Waals surface area contributed by atoms with Crippen molar-refractivity contribution in [2.75, 3.05) is 12.4 Å². The molecule has 194 valence electrons. The first-order valence-electron chi connectivity index (χ1n) is 11.2. The number of ether oxygens (including phenoxy) is 3. The van der Waals surface area contributed by atoms with E-state index in [0.29, 0.717) is 16.8 Å². The molecule has 0 saturated heterocycles. The Balaban J connectivity index is 1.66. The van der Waals surface area contributed by atoms with Crippen LogP contribution < -0.4 is 14.8 Å². The van der Waals surface area contributed by atoms with Gasteiger partial charge in [-0.2, -0.15) is 5.01 Å². The van der Waals surface area contributed by atoms with Gasteiger partial charge in [-0.25, -0.2) is 0 Å². The zero-order valence-corrected chi connectivity index (χ0v) is 20.5. The maximum Gasteiger partial charge on any atom is 0.308 e. The first-order chi connectivity index (χ1) is 18.2. The molecule has 0 spiro atoms. The average molecular weight is 518 g/mol. The van der Waals surface area contributed by atoms with Crippen molar-refractivity contribution in [1.82, 2.24) is 5.01 Å². The van der Waals surface area contributed by atoms with E-state index >= 15 is 0 Å². The number of para-hydroxylation sites is 2. The third-order valence-corrected chi connectivity index (χ3v) is 5.45. The highest BCUT2D eigenvalue weighted by Gasteiger charge is 2.37. The van der Waals surface area contributed by atoms with E-state index < -0.39 is 28.9 Å². The first kappa shape index (κ1) is 25.8. The summed E-state index contributed by atoms with van der Waals surface area (Å²) in [6, 6.07) is 16.6. The monoisotopic (exact) mass is 518 g/mol. The van der Waals surface area contributed by atoms with E-state index in [2.05, 4.69) is 10.4 Å². The quantitative estimate of drug-likeness (QED) is 0.213. The minimum atomic E-state index is -1.09. The Labute approximate surface area is 216 Å². The van der Waals surface area contributed by atoms with E-state index in [-0.39, 0.29) is 28.6 Å². The Morgan fingerprint density at radius 3 is 2.37 bits per heavy atom. The van der Waals surface area contributed by atoms with Crippen LogP contribution >= 0.6 is 0 Å². The minimum absolute atomic E-state index is 0.0291. The molecule has 4 rings (SSSR count). The van der Waals surface area contributed by atoms with Crippen LogP contribution in [0.5, 0.6) is 11.5 Å². The third kappa shape index (κ3) is 5.28. The molecule has 1 aliphatic heterocycles. The molecule has 0 aromatic heterocycles. The van der Waals surface area contributed by atoms with Crippen LogP contribution in [-0.2, 0) is 14.3 Å². The molecule has 0 fully saturated rings. The van der Waals surface area contributed by atoms with E-state index in [9.17, 15) is 24.5 Å². The van der Waals surface area contributed by atoms with Crippen LogP contribution in [-0.4, -0.2) is 40.7 Å². The molecule has 1 aliphatic rings. The highest BCUT2D eigenvalue weighted by Crippen LogP contribution is 2.41. The van der Waals surface area contributed by atoms with E-state index in [1.807, 2.05) is 0 Å². The number of nitrogens with one attached hydrogen (secondary N) is 1. The van der Waals surface area contributed by atoms with Crippen molar-refractivity contribution in [3.05, 3.63) is 93.5 Å². The van der Waals surface area contributed by atoms with Crippen LogP contribution in [0.4, 0.5) is 11.4 Å². The van der Waals surface area contributed by atoms with Gasteiger partial charge in [0.05, 0.1) is 28.8 Å². The van der Waals surface area contributed by atoms with Crippen molar-refractivity contribution in [2.45, 2.75) is 20.1 Å². The van der Waals surface area contributed by atoms with Crippen LogP contribution in [0.25, 0.3) is 0 Å². The largest absolute Gasteiger partial charge is 0.493 e. The second kappa shape index (κ2) is 10.8. The predicted octanol–water partition coefficient (Wildman–Crippen LogP) is 4.02. The number of rotatable bonds is 7. The standard InChI is InChI=1S/C26H22N4O8/c1-15(31)29-26(20-8-6-10-22(36-3)23(20)37-16(2)32)38-25(28-29)19-7-4-5-9-21(19)27-24(33)17-11-13-18(14-12-17)30(34)35/h4-14,26H,1-3H3,(H,27,33)/t26-/m0/s1. The highest BCUT2D eigenvalue weighted by molar-refractivity contribution is 6.09. The van der Waals surface area contributed by atoms with Gasteiger partial charge in [0.25, 0.3) is 11.6 Å². The predicted molar refractivity (Wildman–Crippen MR) is 135 cm³/mol. The third-order valence-electron chi connectivity index (χ3n) is 5.45. The summed E-state index contributed by atoms with van der Waals surface area (Å²) < 4.78 is 16.8. The molecule has 1 N–H and O–H groups in total. The summed E-state index contributed by atoms with van der Waals surface area (Å²) in [5, 5.41) is 19.1. The Morgan fingerprint density at radius 1 is 1.03 bits per heavy atom. The fourth-order valence-electron chi connectivity index (χ4n) is 3.73. The number of methoxy groups -OCH3 is 1. The number of amides is 2. The number of carbonyl (C=O) groups excluding carboxylic acids is 3. The Morgan fingerprint density at radius 2 is 1.74 bits per heavy atom. The van der Waals surface area contributed by atoms with Crippen LogP contribution in [0.2, 0.25) is 0 Å². The molecule has 2 amide bonds. The van der Waals surface area contributed by atoms with Gasteiger partial charge in [0.1, 0.15) is 0 Å². The number of anilines is 1. The topological polar surface area (TPSA) is 150 Å². The lowest BCUT2D eigenvalue weighted by Gasteiger charge is -2.22. The van der Waals surface area contributed by atoms with Crippen molar-refractivity contribution < 1.29 is 33.5 Å². The molecule has 0 radical (unpaired) electrons. The second-order valence-corrected chi connectivity index (χ2v) is 8.01. The number of nitro groups is 1. The maximum atomic E-state index is 12.9. The van der Waals surface area contributed by atoms with E-state index in [1.165, 1.54) is 45.2 Å². The molecular weight excluding hydrogens is 496 g/mol. The lowest BCUT2D eigenvalue weighted by Crippen LogP contribution is -2.26. The van der Waals surface area contributed by atoms with Gasteiger partial charge in [-0.15, -0.1) is 5.10 Å². The van der Waals surface area contributed by atoms with Gasteiger partial charge in [-0.1, -0.05) is 18.2 Å². The summed E-state index contributed by atoms with van der Waals surface area (Å²) in [5.41, 5.74) is 1.07. The Bertz CT molecular complexity index is 1450. The van der Waals surface area contributed by atoms with Crippen LogP contribution in [0.15, 0.2) is 71.8 Å². The SMILES string of the molecule is COc1cccc([C@@H]2OC(c3ccccc3NC(=O)c3ccc([N+](=O)[O-])cc3)=NN2C(C)=O)c1OC(C)=O. The van der Waals surface area contributed by atoms with Crippen molar-refractivity contribution >= 4 is 35.1 Å². The van der Waals surface area contributed by atoms with E-state index in [0.717, 1.165) is 5.01 Å². The van der Waals surface area contributed by atoms with Crippen molar-refractivity contribution in [1.29, 1.82) is 0 Å². The Kier molecular flexibility index (Phi) is 7.33. The number of carbonyl (C=O) groups is 3. The van der Waals surface area contributed by atoms with E-state index in [4.69, 9.17) is 14.2 Å². The lowest BCUT2D eigenvalue weighted by atomic mass is 10.1. The maximum absolute atomic E-state index is 12.9. The molecule has 12 nitrogen and oxygen atoms in total. The van der Waals surface area contributed by atoms with Gasteiger partial charge in [0.2, 0.25) is 18.0 Å². The van der Waals surface area contributed by atoms with Gasteiger partial charge < -0.3 is 19.5 Å². The minimum Gasteiger partial charge on any atom is -0.493 e. The molecule has 38 heavy (non-hydrogen) atoms.